The summed E-state index contributed by atoms with van der Waals surface area (Å²) in [5.41, 5.74) is 8.76. The van der Waals surface area contributed by atoms with Crippen molar-refractivity contribution in [2.24, 2.45) is 5.73 Å². The van der Waals surface area contributed by atoms with E-state index in [9.17, 15) is 9.59 Å². The third-order valence-electron chi connectivity index (χ3n) is 4.96. The Labute approximate surface area is 182 Å². The Balaban J connectivity index is 0.00000320. The van der Waals surface area contributed by atoms with Crippen LogP contribution in [-0.2, 0) is 22.4 Å². The Kier molecular flexibility index (Phi) is 8.57. The summed E-state index contributed by atoms with van der Waals surface area (Å²) in [7, 11) is 0. The molecule has 30 heavy (non-hydrogen) atoms. The molecule has 1 amide bonds. The number of ketones is 1. The van der Waals surface area contributed by atoms with Crippen molar-refractivity contribution >= 4 is 34.3 Å². The number of carbonyl (C=O) groups is 2. The first-order chi connectivity index (χ1) is 13.9. The monoisotopic (exact) mass is 428 g/mol. The van der Waals surface area contributed by atoms with Gasteiger partial charge in [-0.2, -0.15) is 0 Å². The van der Waals surface area contributed by atoms with Crippen molar-refractivity contribution in [3.8, 4) is 0 Å². The molecule has 0 saturated carbocycles. The Morgan fingerprint density at radius 3 is 2.67 bits per heavy atom. The highest BCUT2D eigenvalue weighted by Crippen LogP contribution is 2.22. The zero-order chi connectivity index (χ0) is 20.8. The van der Waals surface area contributed by atoms with Gasteiger partial charge in [0.05, 0.1) is 17.1 Å². The van der Waals surface area contributed by atoms with Gasteiger partial charge in [0.2, 0.25) is 5.91 Å². The lowest BCUT2D eigenvalue weighted by molar-refractivity contribution is -0.128. The van der Waals surface area contributed by atoms with Gasteiger partial charge >= 0.3 is 0 Å². The van der Waals surface area contributed by atoms with Gasteiger partial charge < -0.3 is 16.0 Å². The van der Waals surface area contributed by atoms with E-state index in [0.29, 0.717) is 24.3 Å². The smallest absolute Gasteiger partial charge is 0.237 e. The minimum Gasteiger partial charge on any atom is -0.345 e. The zero-order valence-corrected chi connectivity index (χ0v) is 17.1. The number of fused-ring (bicyclic) bond motifs is 1. The molecule has 160 valence electrons. The average molecular weight is 429 g/mol. The second kappa shape index (κ2) is 10.9. The summed E-state index contributed by atoms with van der Waals surface area (Å²) in [6.07, 6.45) is 5.49. The van der Waals surface area contributed by atoms with E-state index in [0.717, 1.165) is 28.6 Å². The molecule has 2 atom stereocenters. The van der Waals surface area contributed by atoms with E-state index in [1.165, 1.54) is 0 Å². The van der Waals surface area contributed by atoms with Crippen molar-refractivity contribution in [3.05, 3.63) is 64.9 Å². The largest absolute Gasteiger partial charge is 0.345 e. The molecule has 0 aliphatic carbocycles. The van der Waals surface area contributed by atoms with E-state index in [-0.39, 0.29) is 19.1 Å². The van der Waals surface area contributed by atoms with Crippen molar-refractivity contribution in [1.29, 1.82) is 0 Å². The van der Waals surface area contributed by atoms with Gasteiger partial charge in [-0.25, -0.2) is 4.98 Å². The maximum atomic E-state index is 12.4. The van der Waals surface area contributed by atoms with Gasteiger partial charge in [0.25, 0.3) is 0 Å². The van der Waals surface area contributed by atoms with Gasteiger partial charge in [-0.3, -0.25) is 9.59 Å². The SMILES string of the molecule is C.C[C@H](NC(=O)[C@H](N)CCc1ccccc1)C(=O)CCc1cnc2[nH]cc(Cl)c2c1. The van der Waals surface area contributed by atoms with Gasteiger partial charge in [0, 0.05) is 24.2 Å². The first kappa shape index (κ1) is 23.6. The fourth-order valence-electron chi connectivity index (χ4n) is 3.13. The third kappa shape index (κ3) is 6.15. The van der Waals surface area contributed by atoms with Crippen molar-refractivity contribution in [3.63, 3.8) is 0 Å². The summed E-state index contributed by atoms with van der Waals surface area (Å²) in [4.78, 5) is 32.0. The number of carbonyl (C=O) groups excluding carboxylic acids is 2. The third-order valence-corrected chi connectivity index (χ3v) is 5.28. The van der Waals surface area contributed by atoms with Crippen LogP contribution in [-0.4, -0.2) is 33.7 Å². The van der Waals surface area contributed by atoms with Crippen molar-refractivity contribution in [1.82, 2.24) is 15.3 Å². The van der Waals surface area contributed by atoms with Crippen LogP contribution in [0.15, 0.2) is 48.8 Å². The van der Waals surface area contributed by atoms with Crippen LogP contribution < -0.4 is 11.1 Å². The summed E-state index contributed by atoms with van der Waals surface area (Å²) >= 11 is 6.11. The van der Waals surface area contributed by atoms with Crippen molar-refractivity contribution in [2.45, 2.75) is 52.1 Å². The van der Waals surface area contributed by atoms with Gasteiger partial charge in [0.15, 0.2) is 5.78 Å². The number of benzene rings is 1. The minimum atomic E-state index is -0.646. The molecule has 3 aromatic rings. The molecule has 4 N–H and O–H groups in total. The highest BCUT2D eigenvalue weighted by Gasteiger charge is 2.20. The van der Waals surface area contributed by atoms with E-state index >= 15 is 0 Å². The van der Waals surface area contributed by atoms with E-state index in [1.54, 1.807) is 19.3 Å². The molecule has 0 spiro atoms. The molecule has 0 aliphatic heterocycles. The number of nitrogens with two attached hydrogens (primary N) is 1. The first-order valence-electron chi connectivity index (χ1n) is 9.68. The number of rotatable bonds is 9. The first-order valence-corrected chi connectivity index (χ1v) is 10.1. The van der Waals surface area contributed by atoms with Gasteiger partial charge in [0.1, 0.15) is 5.65 Å². The Morgan fingerprint density at radius 2 is 1.93 bits per heavy atom. The van der Waals surface area contributed by atoms with Crippen LogP contribution in [0.5, 0.6) is 0 Å². The van der Waals surface area contributed by atoms with E-state index in [2.05, 4.69) is 15.3 Å². The lowest BCUT2D eigenvalue weighted by Gasteiger charge is -2.17. The van der Waals surface area contributed by atoms with Crippen LogP contribution in [0.3, 0.4) is 0 Å². The lowest BCUT2D eigenvalue weighted by Crippen LogP contribution is -2.47. The molecule has 0 fully saturated rings. The fraction of sp³-hybridized carbons (Fsp3) is 0.348. The second-order valence-corrected chi connectivity index (χ2v) is 7.61. The summed E-state index contributed by atoms with van der Waals surface area (Å²) in [5.74, 6) is -0.349. The maximum absolute atomic E-state index is 12.4. The molecule has 0 aliphatic rings. The molecule has 0 bridgehead atoms. The van der Waals surface area contributed by atoms with Gasteiger partial charge in [-0.05, 0) is 43.4 Å². The second-order valence-electron chi connectivity index (χ2n) is 7.20. The van der Waals surface area contributed by atoms with Crippen LogP contribution in [0.2, 0.25) is 5.02 Å². The predicted molar refractivity (Wildman–Crippen MR) is 122 cm³/mol. The Bertz CT molecular complexity index is 987. The zero-order valence-electron chi connectivity index (χ0n) is 16.3. The molecule has 2 heterocycles. The number of aromatic amines is 1. The molecule has 1 aromatic carbocycles. The maximum Gasteiger partial charge on any atom is 0.237 e. The van der Waals surface area contributed by atoms with Crippen molar-refractivity contribution in [2.75, 3.05) is 0 Å². The van der Waals surface area contributed by atoms with Crippen LogP contribution in [0.1, 0.15) is 38.3 Å². The molecule has 0 unspecified atom stereocenters. The van der Waals surface area contributed by atoms with Crippen LogP contribution >= 0.6 is 11.6 Å². The number of aryl methyl sites for hydroxylation is 2. The van der Waals surface area contributed by atoms with E-state index in [4.69, 9.17) is 17.3 Å². The highest BCUT2D eigenvalue weighted by molar-refractivity contribution is 6.35. The molecule has 2 aromatic heterocycles. The Morgan fingerprint density at radius 1 is 1.20 bits per heavy atom. The number of Topliss-reactive ketones (excluding diaryl/α,β-unsaturated/α-hetero) is 1. The van der Waals surface area contributed by atoms with Gasteiger partial charge in [-0.15, -0.1) is 0 Å². The molecular weight excluding hydrogens is 400 g/mol. The number of hydrogen-bond acceptors (Lipinski definition) is 4. The standard InChI is InChI=1S/C22H25ClN4O2.CH4/c1-14(27-22(29)19(24)9-7-15-5-3-2-4-6-15)20(28)10-8-16-11-17-18(23)13-26-21(17)25-12-16;/h2-6,11-14,19H,7-10,24H2,1H3,(H,25,26)(H,27,29);1H4/t14-,19+;/m0./s1. The van der Waals surface area contributed by atoms with E-state index in [1.807, 2.05) is 36.4 Å². The number of hydrogen-bond donors (Lipinski definition) is 3. The van der Waals surface area contributed by atoms with Crippen LogP contribution in [0, 0.1) is 0 Å². The highest BCUT2D eigenvalue weighted by atomic mass is 35.5. The Hall–Kier alpha value is -2.70. The fourth-order valence-corrected chi connectivity index (χ4v) is 3.33. The number of nitrogens with zero attached hydrogens (tertiary/aromatic N) is 1. The number of aromatic nitrogens is 2. The number of nitrogens with one attached hydrogen (secondary N) is 2. The normalized spacial score (nSPS) is 12.8. The molecule has 0 radical (unpaired) electrons. The minimum absolute atomic E-state index is 0. The molecule has 7 heteroatoms. The van der Waals surface area contributed by atoms with Crippen molar-refractivity contribution < 1.29 is 9.59 Å². The lowest BCUT2D eigenvalue weighted by atomic mass is 10.0. The van der Waals surface area contributed by atoms with Crippen LogP contribution in [0.25, 0.3) is 11.0 Å². The summed E-state index contributed by atoms with van der Waals surface area (Å²) < 4.78 is 0. The number of pyridine rings is 1. The van der Waals surface area contributed by atoms with Crippen LogP contribution in [0.4, 0.5) is 0 Å². The number of amides is 1. The summed E-state index contributed by atoms with van der Waals surface area (Å²) in [5, 5.41) is 4.17. The van der Waals surface area contributed by atoms with E-state index < -0.39 is 12.1 Å². The van der Waals surface area contributed by atoms with Gasteiger partial charge in [-0.1, -0.05) is 49.4 Å². The summed E-state index contributed by atoms with van der Waals surface area (Å²) in [6, 6.07) is 10.6. The average Bonchev–Trinajstić information content (AvgIpc) is 3.11. The number of halogens is 1. The molecule has 6 nitrogen and oxygen atoms in total. The molecule has 0 saturated heterocycles. The quantitative estimate of drug-likeness (QED) is 0.482. The molecule has 3 rings (SSSR count). The topological polar surface area (TPSA) is 101 Å². The summed E-state index contributed by atoms with van der Waals surface area (Å²) in [6.45, 7) is 1.69. The predicted octanol–water partition coefficient (Wildman–Crippen LogP) is 3.82. The number of H-pyrrole nitrogens is 1. The molecular formula is C23H29ClN4O2.